The summed E-state index contributed by atoms with van der Waals surface area (Å²) in [6.45, 7) is 4.76. The summed E-state index contributed by atoms with van der Waals surface area (Å²) < 4.78 is 0. The Morgan fingerprint density at radius 3 is 3.00 bits per heavy atom. The molecule has 0 radical (unpaired) electrons. The maximum absolute atomic E-state index is 9.62. The van der Waals surface area contributed by atoms with Crippen molar-refractivity contribution in [1.29, 1.82) is 0 Å². The number of rotatable bonds is 4. The second-order valence-corrected chi connectivity index (χ2v) is 5.32. The second-order valence-electron chi connectivity index (χ2n) is 5.32. The van der Waals surface area contributed by atoms with Gasteiger partial charge in [-0.2, -0.15) is 0 Å². The number of benzene rings is 1. The Labute approximate surface area is 122 Å². The number of likely N-dealkylation sites (N-methyl/N-ethyl adjacent to an activating group) is 1. The molecule has 1 fully saturated rings. The van der Waals surface area contributed by atoms with E-state index >= 15 is 0 Å². The fourth-order valence-corrected chi connectivity index (χ4v) is 2.62. The molecule has 1 aliphatic rings. The van der Waals surface area contributed by atoms with E-state index in [0.29, 0.717) is 0 Å². The molecule has 108 valence electrons. The van der Waals surface area contributed by atoms with E-state index in [1.807, 2.05) is 7.05 Å². The number of likely N-dealkylation sites (tertiary alicyclic amines) is 1. The van der Waals surface area contributed by atoms with Crippen molar-refractivity contribution in [2.24, 2.45) is 0 Å². The van der Waals surface area contributed by atoms with E-state index in [1.165, 1.54) is 5.56 Å². The molecule has 1 aromatic rings. The first-order chi connectivity index (χ1) is 9.72. The van der Waals surface area contributed by atoms with Crippen molar-refractivity contribution >= 4 is 0 Å². The lowest BCUT2D eigenvalue weighted by Gasteiger charge is -2.23. The Morgan fingerprint density at radius 2 is 2.35 bits per heavy atom. The molecule has 2 N–H and O–H groups in total. The summed E-state index contributed by atoms with van der Waals surface area (Å²) in [5.74, 6) is 6.30. The monoisotopic (exact) mass is 272 g/mol. The molecule has 3 heteroatoms. The fourth-order valence-electron chi connectivity index (χ4n) is 2.62. The summed E-state index contributed by atoms with van der Waals surface area (Å²) in [6, 6.07) is 8.71. The lowest BCUT2D eigenvalue weighted by atomic mass is 10.0. The summed E-state index contributed by atoms with van der Waals surface area (Å²) in [4.78, 5) is 2.32. The van der Waals surface area contributed by atoms with Crippen LogP contribution in [0.15, 0.2) is 24.3 Å². The van der Waals surface area contributed by atoms with Crippen LogP contribution in [0.2, 0.25) is 0 Å². The van der Waals surface area contributed by atoms with Gasteiger partial charge in [0.25, 0.3) is 0 Å². The van der Waals surface area contributed by atoms with Gasteiger partial charge in [-0.1, -0.05) is 30.9 Å². The summed E-state index contributed by atoms with van der Waals surface area (Å²) in [6.07, 6.45) is 1.61. The Bertz CT molecular complexity index is 489. The zero-order valence-electron chi connectivity index (χ0n) is 12.4. The van der Waals surface area contributed by atoms with Crippen LogP contribution in [0.4, 0.5) is 0 Å². The number of β-amino-alcohol motifs (C(OH)–C–C–N with tert-alkyl or cyclic N) is 1. The zero-order chi connectivity index (χ0) is 14.4. The standard InChI is InChI=1S/C17H24N2O/c1-3-4-6-14-7-5-8-15(11-14)17(18-2)13-19-10-9-16(20)12-19/h5,7-8,11,16-18,20H,3,9-10,12-13H2,1-2H3/t16-,17?/m0/s1. The predicted molar refractivity (Wildman–Crippen MR) is 82.5 cm³/mol. The van der Waals surface area contributed by atoms with Crippen LogP contribution in [-0.4, -0.2) is 42.8 Å². The molecule has 0 aromatic heterocycles. The maximum atomic E-state index is 9.62. The molecule has 20 heavy (non-hydrogen) atoms. The average molecular weight is 272 g/mol. The fraction of sp³-hybridized carbons (Fsp3) is 0.529. The van der Waals surface area contributed by atoms with Crippen LogP contribution in [0.1, 0.15) is 36.9 Å². The van der Waals surface area contributed by atoms with Crippen LogP contribution in [0.3, 0.4) is 0 Å². The first kappa shape index (κ1) is 15.1. The van der Waals surface area contributed by atoms with Crippen LogP contribution < -0.4 is 5.32 Å². The topological polar surface area (TPSA) is 35.5 Å². The molecule has 0 amide bonds. The van der Waals surface area contributed by atoms with Gasteiger partial charge in [-0.3, -0.25) is 4.90 Å². The molecule has 0 aliphatic carbocycles. The predicted octanol–water partition coefficient (Wildman–Crippen LogP) is 1.78. The zero-order valence-corrected chi connectivity index (χ0v) is 12.4. The van der Waals surface area contributed by atoms with Crippen molar-refractivity contribution in [2.45, 2.75) is 31.9 Å². The molecule has 1 heterocycles. The molecule has 1 saturated heterocycles. The Kier molecular flexibility index (Phi) is 5.60. The van der Waals surface area contributed by atoms with Crippen LogP contribution >= 0.6 is 0 Å². The van der Waals surface area contributed by atoms with Crippen molar-refractivity contribution in [2.75, 3.05) is 26.7 Å². The normalized spacial score (nSPS) is 20.4. The highest BCUT2D eigenvalue weighted by Crippen LogP contribution is 2.18. The first-order valence-corrected chi connectivity index (χ1v) is 7.39. The second kappa shape index (κ2) is 7.44. The minimum atomic E-state index is -0.158. The highest BCUT2D eigenvalue weighted by Gasteiger charge is 2.23. The summed E-state index contributed by atoms with van der Waals surface area (Å²) >= 11 is 0. The number of hydrogen-bond donors (Lipinski definition) is 2. The molecule has 1 unspecified atom stereocenters. The SMILES string of the molecule is CCC#Cc1cccc(C(CN2CC[C@H](O)C2)NC)c1. The molecular weight excluding hydrogens is 248 g/mol. The minimum Gasteiger partial charge on any atom is -0.392 e. The van der Waals surface area contributed by atoms with Gasteiger partial charge in [-0.05, 0) is 31.2 Å². The maximum Gasteiger partial charge on any atom is 0.0679 e. The molecule has 2 atom stereocenters. The molecule has 1 aliphatic heterocycles. The summed E-state index contributed by atoms with van der Waals surface area (Å²) in [5.41, 5.74) is 2.34. The van der Waals surface area contributed by atoms with Gasteiger partial charge in [-0.15, -0.1) is 0 Å². The lowest BCUT2D eigenvalue weighted by Crippen LogP contribution is -2.33. The van der Waals surface area contributed by atoms with Gasteiger partial charge in [0.1, 0.15) is 0 Å². The Hall–Kier alpha value is -1.34. The molecule has 0 spiro atoms. The molecular formula is C17H24N2O. The van der Waals surface area contributed by atoms with Crippen molar-refractivity contribution in [3.05, 3.63) is 35.4 Å². The Balaban J connectivity index is 2.06. The summed E-state index contributed by atoms with van der Waals surface area (Å²) in [7, 11) is 1.99. The molecule has 0 bridgehead atoms. The van der Waals surface area contributed by atoms with Crippen LogP contribution in [0.5, 0.6) is 0 Å². The van der Waals surface area contributed by atoms with E-state index in [9.17, 15) is 5.11 Å². The van der Waals surface area contributed by atoms with Crippen LogP contribution in [0, 0.1) is 11.8 Å². The highest BCUT2D eigenvalue weighted by atomic mass is 16.3. The average Bonchev–Trinajstić information content (AvgIpc) is 2.88. The van der Waals surface area contributed by atoms with E-state index in [4.69, 9.17) is 0 Å². The lowest BCUT2D eigenvalue weighted by molar-refractivity contribution is 0.173. The third-order valence-corrected chi connectivity index (χ3v) is 3.74. The van der Waals surface area contributed by atoms with Gasteiger partial charge in [0.15, 0.2) is 0 Å². The van der Waals surface area contributed by atoms with E-state index in [-0.39, 0.29) is 12.1 Å². The third-order valence-electron chi connectivity index (χ3n) is 3.74. The Morgan fingerprint density at radius 1 is 1.50 bits per heavy atom. The molecule has 1 aromatic carbocycles. The number of hydrogen-bond acceptors (Lipinski definition) is 3. The van der Waals surface area contributed by atoms with Crippen molar-refractivity contribution < 1.29 is 5.11 Å². The van der Waals surface area contributed by atoms with Crippen molar-refractivity contribution in [1.82, 2.24) is 10.2 Å². The first-order valence-electron chi connectivity index (χ1n) is 7.39. The highest BCUT2D eigenvalue weighted by molar-refractivity contribution is 5.38. The van der Waals surface area contributed by atoms with Gasteiger partial charge < -0.3 is 10.4 Å². The number of nitrogens with one attached hydrogen (secondary N) is 1. The molecule has 2 rings (SSSR count). The number of nitrogens with zero attached hydrogens (tertiary/aromatic N) is 1. The van der Waals surface area contributed by atoms with Gasteiger partial charge in [0, 0.05) is 37.7 Å². The largest absolute Gasteiger partial charge is 0.392 e. The quantitative estimate of drug-likeness (QED) is 0.820. The van der Waals surface area contributed by atoms with E-state index in [0.717, 1.165) is 38.0 Å². The minimum absolute atomic E-state index is 0.158. The third kappa shape index (κ3) is 4.08. The van der Waals surface area contributed by atoms with E-state index < -0.39 is 0 Å². The van der Waals surface area contributed by atoms with Crippen molar-refractivity contribution in [3.8, 4) is 11.8 Å². The number of aliphatic hydroxyl groups excluding tert-OH is 1. The summed E-state index contributed by atoms with van der Waals surface area (Å²) in [5, 5.41) is 13.0. The van der Waals surface area contributed by atoms with Gasteiger partial charge in [0.05, 0.1) is 6.10 Å². The van der Waals surface area contributed by atoms with Gasteiger partial charge in [-0.25, -0.2) is 0 Å². The van der Waals surface area contributed by atoms with Gasteiger partial charge >= 0.3 is 0 Å². The van der Waals surface area contributed by atoms with Gasteiger partial charge in [0.2, 0.25) is 0 Å². The molecule has 0 saturated carbocycles. The number of aliphatic hydroxyl groups is 1. The van der Waals surface area contributed by atoms with E-state index in [2.05, 4.69) is 53.2 Å². The molecule has 3 nitrogen and oxygen atoms in total. The van der Waals surface area contributed by atoms with Crippen LogP contribution in [-0.2, 0) is 0 Å². The van der Waals surface area contributed by atoms with E-state index in [1.54, 1.807) is 0 Å². The van der Waals surface area contributed by atoms with Crippen LogP contribution in [0.25, 0.3) is 0 Å². The van der Waals surface area contributed by atoms with Crippen molar-refractivity contribution in [3.63, 3.8) is 0 Å². The smallest absolute Gasteiger partial charge is 0.0679 e.